The summed E-state index contributed by atoms with van der Waals surface area (Å²) in [5, 5.41) is 15.0. The summed E-state index contributed by atoms with van der Waals surface area (Å²) in [6.07, 6.45) is 0. The topological polar surface area (TPSA) is 8.17 Å². The Hall–Kier alpha value is -8.46. The highest BCUT2D eigenvalue weighted by Gasteiger charge is 2.19. The molecule has 0 fully saturated rings. The lowest BCUT2D eigenvalue weighted by Gasteiger charge is -2.28. The zero-order valence-electron chi connectivity index (χ0n) is 35.0. The average molecular weight is 813 g/mol. The Bertz CT molecular complexity index is 3940. The van der Waals surface area contributed by atoms with Crippen LogP contribution in [0.4, 0.5) is 17.1 Å². The molecule has 13 rings (SSSR count). The molecule has 298 valence electrons. The van der Waals surface area contributed by atoms with Crippen LogP contribution in [0.15, 0.2) is 243 Å². The molecule has 0 aliphatic rings. The number of para-hydroxylation sites is 1. The van der Waals surface area contributed by atoms with E-state index in [0.717, 1.165) is 22.7 Å². The first-order chi connectivity index (χ1) is 31.7. The average Bonchev–Trinajstić information content (AvgIpc) is 3.71. The maximum absolute atomic E-state index is 2.45. The molecule has 1 aromatic heterocycles. The van der Waals surface area contributed by atoms with Crippen LogP contribution in [-0.4, -0.2) is 4.57 Å². The lowest BCUT2D eigenvalue weighted by molar-refractivity contribution is 1.19. The van der Waals surface area contributed by atoms with E-state index < -0.39 is 0 Å². The molecule has 0 atom stereocenters. The van der Waals surface area contributed by atoms with Gasteiger partial charge in [-0.15, -0.1) is 0 Å². The van der Waals surface area contributed by atoms with E-state index in [2.05, 4.69) is 252 Å². The van der Waals surface area contributed by atoms with E-state index in [4.69, 9.17) is 0 Å². The molecule has 0 saturated carbocycles. The smallest absolute Gasteiger partial charge is 0.0619 e. The third-order valence-electron chi connectivity index (χ3n) is 13.3. The van der Waals surface area contributed by atoms with Crippen LogP contribution in [0, 0.1) is 0 Å². The zero-order chi connectivity index (χ0) is 42.1. The molecule has 64 heavy (non-hydrogen) atoms. The van der Waals surface area contributed by atoms with Crippen molar-refractivity contribution in [2.75, 3.05) is 4.90 Å². The van der Waals surface area contributed by atoms with Crippen molar-refractivity contribution in [2.45, 2.75) is 0 Å². The largest absolute Gasteiger partial charge is 0.310 e. The fourth-order valence-corrected chi connectivity index (χ4v) is 10.2. The third-order valence-corrected chi connectivity index (χ3v) is 13.3. The van der Waals surface area contributed by atoms with Gasteiger partial charge < -0.3 is 9.47 Å². The maximum atomic E-state index is 2.45. The highest BCUT2D eigenvalue weighted by molar-refractivity contribution is 6.19. The van der Waals surface area contributed by atoms with Gasteiger partial charge in [-0.05, 0) is 120 Å². The molecule has 1 heterocycles. The normalized spacial score (nSPS) is 11.8. The highest BCUT2D eigenvalue weighted by atomic mass is 15.1. The van der Waals surface area contributed by atoms with Gasteiger partial charge in [0.25, 0.3) is 0 Å². The lowest BCUT2D eigenvalue weighted by atomic mass is 9.97. The number of nitrogens with zero attached hydrogens (tertiary/aromatic N) is 2. The summed E-state index contributed by atoms with van der Waals surface area (Å²) in [4.78, 5) is 2.43. The van der Waals surface area contributed by atoms with Crippen LogP contribution in [0.1, 0.15) is 0 Å². The molecule has 12 aromatic carbocycles. The Balaban J connectivity index is 0.943. The number of aromatic nitrogens is 1. The number of hydrogen-bond donors (Lipinski definition) is 0. The monoisotopic (exact) mass is 812 g/mol. The molecule has 0 aliphatic carbocycles. The Labute approximate surface area is 371 Å². The predicted molar refractivity (Wildman–Crippen MR) is 274 cm³/mol. The van der Waals surface area contributed by atoms with Crippen LogP contribution < -0.4 is 4.90 Å². The summed E-state index contributed by atoms with van der Waals surface area (Å²) >= 11 is 0. The molecule has 2 heteroatoms. The van der Waals surface area contributed by atoms with Crippen LogP contribution in [0.5, 0.6) is 0 Å². The van der Waals surface area contributed by atoms with Crippen LogP contribution in [-0.2, 0) is 0 Å². The molecular formula is C62H40N2. The van der Waals surface area contributed by atoms with Gasteiger partial charge in [0, 0.05) is 38.6 Å². The van der Waals surface area contributed by atoms with Crippen molar-refractivity contribution in [1.29, 1.82) is 0 Å². The fourth-order valence-electron chi connectivity index (χ4n) is 10.2. The van der Waals surface area contributed by atoms with Gasteiger partial charge in [0.05, 0.1) is 16.7 Å². The molecule has 0 unspecified atom stereocenters. The van der Waals surface area contributed by atoms with E-state index in [1.165, 1.54) is 97.9 Å². The van der Waals surface area contributed by atoms with E-state index in [0.29, 0.717) is 0 Å². The maximum Gasteiger partial charge on any atom is 0.0619 e. The SMILES string of the molecule is c1ccc(-n2c3cc(-c4ccc(N(c5ccc(-c6ccc7c(ccc8ccccc87)c6)cc5)c5cc6ccccc6c6ccccc56)cc4)ccc3c3ccc4ccccc4c32)cc1. The first kappa shape index (κ1) is 36.2. The van der Waals surface area contributed by atoms with Gasteiger partial charge in [0.15, 0.2) is 0 Å². The summed E-state index contributed by atoms with van der Waals surface area (Å²) in [6.45, 7) is 0. The molecule has 0 saturated heterocycles. The van der Waals surface area contributed by atoms with Gasteiger partial charge in [0.2, 0.25) is 0 Å². The Morgan fingerprint density at radius 3 is 1.42 bits per heavy atom. The second-order valence-corrected chi connectivity index (χ2v) is 16.9. The minimum Gasteiger partial charge on any atom is -0.310 e. The summed E-state index contributed by atoms with van der Waals surface area (Å²) in [7, 11) is 0. The first-order valence-corrected chi connectivity index (χ1v) is 22.1. The molecule has 0 bridgehead atoms. The lowest BCUT2D eigenvalue weighted by Crippen LogP contribution is -2.10. The summed E-state index contributed by atoms with van der Waals surface area (Å²) in [6, 6.07) is 89.1. The molecule has 0 radical (unpaired) electrons. The van der Waals surface area contributed by atoms with Crippen molar-refractivity contribution in [2.24, 2.45) is 0 Å². The van der Waals surface area contributed by atoms with E-state index in [-0.39, 0.29) is 0 Å². The molecular weight excluding hydrogens is 773 g/mol. The van der Waals surface area contributed by atoms with Crippen LogP contribution >= 0.6 is 0 Å². The second-order valence-electron chi connectivity index (χ2n) is 16.9. The van der Waals surface area contributed by atoms with Crippen molar-refractivity contribution < 1.29 is 0 Å². The minimum atomic E-state index is 1.10. The molecule has 2 nitrogen and oxygen atoms in total. The third kappa shape index (κ3) is 5.81. The number of rotatable bonds is 6. The van der Waals surface area contributed by atoms with Gasteiger partial charge in [-0.2, -0.15) is 0 Å². The number of anilines is 3. The van der Waals surface area contributed by atoms with E-state index >= 15 is 0 Å². The molecule has 0 spiro atoms. The van der Waals surface area contributed by atoms with Crippen molar-refractivity contribution in [3.8, 4) is 27.9 Å². The van der Waals surface area contributed by atoms with Gasteiger partial charge in [0.1, 0.15) is 0 Å². The fraction of sp³-hybridized carbons (Fsp3) is 0. The summed E-state index contributed by atoms with van der Waals surface area (Å²) < 4.78 is 2.45. The van der Waals surface area contributed by atoms with E-state index in [9.17, 15) is 0 Å². The zero-order valence-corrected chi connectivity index (χ0v) is 35.0. The van der Waals surface area contributed by atoms with E-state index in [1.807, 2.05) is 0 Å². The number of benzene rings is 12. The molecule has 0 amide bonds. The minimum absolute atomic E-state index is 1.10. The van der Waals surface area contributed by atoms with Gasteiger partial charge in [-0.3, -0.25) is 0 Å². The quantitative estimate of drug-likeness (QED) is 0.152. The number of hydrogen-bond acceptors (Lipinski definition) is 1. The van der Waals surface area contributed by atoms with Crippen molar-refractivity contribution >= 4 is 92.7 Å². The molecule has 0 aliphatic heterocycles. The Morgan fingerprint density at radius 1 is 0.266 bits per heavy atom. The predicted octanol–water partition coefficient (Wildman–Crippen LogP) is 17.4. The van der Waals surface area contributed by atoms with Crippen LogP contribution in [0.2, 0.25) is 0 Å². The van der Waals surface area contributed by atoms with Crippen molar-refractivity contribution in [3.05, 3.63) is 243 Å². The van der Waals surface area contributed by atoms with Crippen molar-refractivity contribution in [3.63, 3.8) is 0 Å². The van der Waals surface area contributed by atoms with Gasteiger partial charge in [-0.1, -0.05) is 188 Å². The molecule has 0 N–H and O–H groups in total. The second kappa shape index (κ2) is 14.6. The van der Waals surface area contributed by atoms with Gasteiger partial charge in [-0.25, -0.2) is 0 Å². The summed E-state index contributed by atoms with van der Waals surface area (Å²) in [5.74, 6) is 0. The number of fused-ring (bicyclic) bond motifs is 11. The Morgan fingerprint density at radius 2 is 0.719 bits per heavy atom. The standard InChI is InChI=1S/C62H40N2/c1-2-15-49(16-3-1)64-61-39-46(30-36-58(61)59-37-28-44-13-5-9-19-55(44)62(59)64)42-26-33-51(34-27-42)63(60-40-47-14-6-8-18-53(47)56-20-10-11-21-57(56)60)50-31-24-41(25-32-50)45-29-35-54-48(38-45)23-22-43-12-4-7-17-52(43)54/h1-40H. The van der Waals surface area contributed by atoms with Crippen LogP contribution in [0.25, 0.3) is 104 Å². The Kier molecular flexibility index (Phi) is 8.25. The molecule has 13 aromatic rings. The summed E-state index contributed by atoms with van der Waals surface area (Å²) in [5.41, 5.74) is 11.7. The highest BCUT2D eigenvalue weighted by Crippen LogP contribution is 2.44. The van der Waals surface area contributed by atoms with Gasteiger partial charge >= 0.3 is 0 Å². The van der Waals surface area contributed by atoms with Crippen LogP contribution in [0.3, 0.4) is 0 Å². The first-order valence-electron chi connectivity index (χ1n) is 22.1. The van der Waals surface area contributed by atoms with Crippen molar-refractivity contribution in [1.82, 2.24) is 4.57 Å². The van der Waals surface area contributed by atoms with E-state index in [1.54, 1.807) is 0 Å².